The lowest BCUT2D eigenvalue weighted by molar-refractivity contribution is 0.0165. The molecule has 2 aliphatic rings. The normalized spacial score (nSPS) is 23.7. The lowest BCUT2D eigenvalue weighted by atomic mass is 10.0. The second-order valence-electron chi connectivity index (χ2n) is 5.89. The number of carbonyl (C=O) groups is 1. The van der Waals surface area contributed by atoms with E-state index < -0.39 is 0 Å². The van der Waals surface area contributed by atoms with Crippen molar-refractivity contribution < 1.29 is 9.53 Å². The van der Waals surface area contributed by atoms with Gasteiger partial charge in [-0.3, -0.25) is 9.69 Å². The van der Waals surface area contributed by atoms with Crippen LogP contribution >= 0.6 is 11.3 Å². The topological polar surface area (TPSA) is 71.7 Å². The van der Waals surface area contributed by atoms with Crippen LogP contribution in [0.25, 0.3) is 0 Å². The Balaban J connectivity index is 1.67. The number of hydrogen-bond donors (Lipinski definition) is 1. The van der Waals surface area contributed by atoms with Crippen molar-refractivity contribution in [2.75, 3.05) is 39.4 Å². The lowest BCUT2D eigenvalue weighted by Gasteiger charge is -2.39. The number of rotatable bonds is 4. The first-order chi connectivity index (χ1) is 10.8. The van der Waals surface area contributed by atoms with Crippen LogP contribution in [0.3, 0.4) is 0 Å². The van der Waals surface area contributed by atoms with E-state index in [2.05, 4.69) is 9.88 Å². The second-order valence-corrected chi connectivity index (χ2v) is 6.83. The molecule has 0 aliphatic carbocycles. The van der Waals surface area contributed by atoms with Gasteiger partial charge < -0.3 is 15.4 Å². The predicted octanol–water partition coefficient (Wildman–Crippen LogP) is 0.929. The molecule has 2 aliphatic heterocycles. The van der Waals surface area contributed by atoms with Gasteiger partial charge in [-0.25, -0.2) is 4.98 Å². The van der Waals surface area contributed by atoms with E-state index in [1.165, 1.54) is 17.8 Å². The summed E-state index contributed by atoms with van der Waals surface area (Å²) in [7, 11) is 0. The van der Waals surface area contributed by atoms with Crippen LogP contribution in [0.2, 0.25) is 0 Å². The van der Waals surface area contributed by atoms with Crippen LogP contribution in [-0.4, -0.2) is 66.1 Å². The first-order valence-corrected chi connectivity index (χ1v) is 8.91. The molecular formula is C15H24N4O2S. The molecule has 0 radical (unpaired) electrons. The summed E-state index contributed by atoms with van der Waals surface area (Å²) in [5.74, 6) is 0.0638. The fraction of sp³-hybridized carbons (Fsp3) is 0.733. The van der Waals surface area contributed by atoms with Crippen molar-refractivity contribution in [2.24, 2.45) is 5.73 Å². The van der Waals surface area contributed by atoms with Crippen molar-refractivity contribution in [1.82, 2.24) is 14.8 Å². The van der Waals surface area contributed by atoms with Gasteiger partial charge in [-0.15, -0.1) is 11.3 Å². The van der Waals surface area contributed by atoms with Crippen LogP contribution in [0.5, 0.6) is 0 Å². The van der Waals surface area contributed by atoms with E-state index in [0.29, 0.717) is 18.3 Å². The van der Waals surface area contributed by atoms with E-state index in [0.717, 1.165) is 57.2 Å². The zero-order valence-electron chi connectivity index (χ0n) is 12.9. The van der Waals surface area contributed by atoms with Gasteiger partial charge in [-0.05, 0) is 19.3 Å². The van der Waals surface area contributed by atoms with Gasteiger partial charge in [0, 0.05) is 44.1 Å². The summed E-state index contributed by atoms with van der Waals surface area (Å²) in [6.07, 6.45) is 3.36. The Bertz CT molecular complexity index is 501. The van der Waals surface area contributed by atoms with Gasteiger partial charge in [-0.1, -0.05) is 0 Å². The molecule has 3 rings (SSSR count). The van der Waals surface area contributed by atoms with Gasteiger partial charge >= 0.3 is 0 Å². The molecule has 1 amide bonds. The number of morpholine rings is 1. The molecule has 0 saturated carbocycles. The predicted molar refractivity (Wildman–Crippen MR) is 85.9 cm³/mol. The third kappa shape index (κ3) is 3.65. The summed E-state index contributed by atoms with van der Waals surface area (Å²) in [6, 6.07) is 0.294. The molecule has 0 spiro atoms. The van der Waals surface area contributed by atoms with Crippen molar-refractivity contribution in [1.29, 1.82) is 0 Å². The van der Waals surface area contributed by atoms with E-state index in [9.17, 15) is 4.79 Å². The third-order valence-electron chi connectivity index (χ3n) is 4.41. The minimum Gasteiger partial charge on any atom is -0.379 e. The second kappa shape index (κ2) is 7.50. The maximum Gasteiger partial charge on any atom is 0.273 e. The van der Waals surface area contributed by atoms with Crippen LogP contribution < -0.4 is 5.73 Å². The van der Waals surface area contributed by atoms with Crippen LogP contribution in [-0.2, 0) is 11.3 Å². The molecule has 6 nitrogen and oxygen atoms in total. The molecule has 1 aromatic heterocycles. The Morgan fingerprint density at radius 1 is 1.36 bits per heavy atom. The quantitative estimate of drug-likeness (QED) is 0.892. The number of hydrogen-bond acceptors (Lipinski definition) is 6. The minimum absolute atomic E-state index is 0.0638. The number of likely N-dealkylation sites (tertiary alicyclic amines) is 1. The Morgan fingerprint density at radius 2 is 2.18 bits per heavy atom. The first kappa shape index (κ1) is 15.9. The summed E-state index contributed by atoms with van der Waals surface area (Å²) < 4.78 is 5.40. The summed E-state index contributed by atoms with van der Waals surface area (Å²) in [6.45, 7) is 5.71. The van der Waals surface area contributed by atoms with Crippen molar-refractivity contribution in [3.8, 4) is 0 Å². The summed E-state index contributed by atoms with van der Waals surface area (Å²) in [4.78, 5) is 21.6. The van der Waals surface area contributed by atoms with Crippen molar-refractivity contribution in [3.63, 3.8) is 0 Å². The Hall–Kier alpha value is -1.02. The Kier molecular flexibility index (Phi) is 5.41. The number of aromatic nitrogens is 1. The minimum atomic E-state index is 0.0638. The van der Waals surface area contributed by atoms with Crippen molar-refractivity contribution in [2.45, 2.75) is 31.8 Å². The van der Waals surface area contributed by atoms with E-state index in [1.807, 2.05) is 10.3 Å². The SMILES string of the molecule is NCc1nc(C(=O)N2CCCCC2CN2CCOCC2)cs1. The van der Waals surface area contributed by atoms with E-state index >= 15 is 0 Å². The standard InChI is InChI=1S/C15H24N4O2S/c16-9-14-17-13(11-22-14)15(20)19-4-2-1-3-12(19)10-18-5-7-21-8-6-18/h11-12H,1-10,16H2. The number of piperidine rings is 1. The smallest absolute Gasteiger partial charge is 0.273 e. The number of ether oxygens (including phenoxy) is 1. The molecule has 1 atom stereocenters. The van der Waals surface area contributed by atoms with Crippen molar-refractivity contribution in [3.05, 3.63) is 16.1 Å². The van der Waals surface area contributed by atoms with Gasteiger partial charge in [0.15, 0.2) is 0 Å². The molecular weight excluding hydrogens is 300 g/mol. The van der Waals surface area contributed by atoms with Crippen LogP contribution in [0, 0.1) is 0 Å². The highest BCUT2D eigenvalue weighted by atomic mass is 32.1. The maximum atomic E-state index is 12.8. The average molecular weight is 324 g/mol. The maximum absolute atomic E-state index is 12.8. The van der Waals surface area contributed by atoms with Crippen LogP contribution in [0.1, 0.15) is 34.8 Å². The molecule has 1 unspecified atom stereocenters. The van der Waals surface area contributed by atoms with Crippen LogP contribution in [0.4, 0.5) is 0 Å². The first-order valence-electron chi connectivity index (χ1n) is 8.03. The van der Waals surface area contributed by atoms with Crippen molar-refractivity contribution >= 4 is 17.2 Å². The highest BCUT2D eigenvalue weighted by Gasteiger charge is 2.30. The van der Waals surface area contributed by atoms with E-state index in [1.54, 1.807) is 0 Å². The fourth-order valence-electron chi connectivity index (χ4n) is 3.19. The molecule has 7 heteroatoms. The molecule has 2 saturated heterocycles. The van der Waals surface area contributed by atoms with Crippen LogP contribution in [0.15, 0.2) is 5.38 Å². The zero-order chi connectivity index (χ0) is 15.4. The molecule has 22 heavy (non-hydrogen) atoms. The number of nitrogens with zero attached hydrogens (tertiary/aromatic N) is 3. The third-order valence-corrected chi connectivity index (χ3v) is 5.28. The molecule has 2 N–H and O–H groups in total. The highest BCUT2D eigenvalue weighted by molar-refractivity contribution is 7.09. The lowest BCUT2D eigenvalue weighted by Crippen LogP contribution is -2.51. The molecule has 0 bridgehead atoms. The van der Waals surface area contributed by atoms with Gasteiger partial charge in [0.25, 0.3) is 5.91 Å². The summed E-state index contributed by atoms with van der Waals surface area (Å²) >= 11 is 1.47. The fourth-order valence-corrected chi connectivity index (χ4v) is 3.84. The zero-order valence-corrected chi connectivity index (χ0v) is 13.7. The molecule has 2 fully saturated rings. The molecule has 0 aromatic carbocycles. The number of amides is 1. The van der Waals surface area contributed by atoms with E-state index in [-0.39, 0.29) is 5.91 Å². The average Bonchev–Trinajstić information content (AvgIpc) is 3.05. The van der Waals surface area contributed by atoms with Gasteiger partial charge in [-0.2, -0.15) is 0 Å². The Labute approximate surface area is 135 Å². The molecule has 122 valence electrons. The van der Waals surface area contributed by atoms with Gasteiger partial charge in [0.1, 0.15) is 10.7 Å². The summed E-state index contributed by atoms with van der Waals surface area (Å²) in [5, 5.41) is 2.66. The Morgan fingerprint density at radius 3 is 2.91 bits per heavy atom. The highest BCUT2D eigenvalue weighted by Crippen LogP contribution is 2.22. The number of thiazole rings is 1. The monoisotopic (exact) mass is 324 g/mol. The van der Waals surface area contributed by atoms with E-state index in [4.69, 9.17) is 10.5 Å². The summed E-state index contributed by atoms with van der Waals surface area (Å²) in [5.41, 5.74) is 6.15. The van der Waals surface area contributed by atoms with Gasteiger partial charge in [0.2, 0.25) is 0 Å². The largest absolute Gasteiger partial charge is 0.379 e. The number of carbonyl (C=O) groups excluding carboxylic acids is 1. The molecule has 1 aromatic rings. The molecule has 3 heterocycles. The number of nitrogens with two attached hydrogens (primary N) is 1. The van der Waals surface area contributed by atoms with Gasteiger partial charge in [0.05, 0.1) is 13.2 Å².